The molecule has 2 atom stereocenters. The van der Waals surface area contributed by atoms with Gasteiger partial charge in [-0.05, 0) is 61.2 Å². The highest BCUT2D eigenvalue weighted by atomic mass is 19.4. The van der Waals surface area contributed by atoms with E-state index in [2.05, 4.69) is 35.7 Å². The van der Waals surface area contributed by atoms with E-state index in [0.29, 0.717) is 16.9 Å². The number of nitrogens with zero attached hydrogens (tertiary/aromatic N) is 5. The molecule has 2 amide bonds. The molecule has 0 spiro atoms. The number of aromatic nitrogens is 5. The van der Waals surface area contributed by atoms with Gasteiger partial charge in [-0.15, -0.1) is 0 Å². The van der Waals surface area contributed by atoms with Crippen molar-refractivity contribution in [2.45, 2.75) is 89.9 Å². The van der Waals surface area contributed by atoms with E-state index in [1.807, 2.05) is 0 Å². The number of aryl methyl sites for hydroxylation is 1. The summed E-state index contributed by atoms with van der Waals surface area (Å²) in [6, 6.07) is 0.408. The maximum Gasteiger partial charge on any atom is 0.394 e. The Kier molecular flexibility index (Phi) is 7.73. The van der Waals surface area contributed by atoms with Crippen LogP contribution in [0.2, 0.25) is 0 Å². The highest BCUT2D eigenvalue weighted by Gasteiger charge is 2.49. The molecule has 0 saturated heterocycles. The van der Waals surface area contributed by atoms with Crippen LogP contribution in [-0.4, -0.2) is 48.8 Å². The molecular formula is C27H32F5N7O3. The van der Waals surface area contributed by atoms with Crippen LogP contribution >= 0.6 is 0 Å². The van der Waals surface area contributed by atoms with Gasteiger partial charge in [0.05, 0.1) is 35.6 Å². The number of halogens is 5. The maximum absolute atomic E-state index is 13.9. The Labute approximate surface area is 237 Å². The first kappa shape index (κ1) is 29.8. The van der Waals surface area contributed by atoms with Gasteiger partial charge in [0.25, 0.3) is 5.91 Å². The van der Waals surface area contributed by atoms with Crippen LogP contribution < -0.4 is 10.6 Å². The highest BCUT2D eigenvalue weighted by Crippen LogP contribution is 2.44. The van der Waals surface area contributed by atoms with Crippen molar-refractivity contribution in [2.24, 2.45) is 17.3 Å². The molecule has 3 aromatic rings. The summed E-state index contributed by atoms with van der Waals surface area (Å²) >= 11 is 0. The van der Waals surface area contributed by atoms with Gasteiger partial charge >= 0.3 is 6.18 Å². The van der Waals surface area contributed by atoms with Crippen molar-refractivity contribution >= 4 is 17.5 Å². The largest absolute Gasteiger partial charge is 0.394 e. The highest BCUT2D eigenvalue weighted by molar-refractivity contribution is 5.93. The molecule has 2 saturated carbocycles. The second-order valence-corrected chi connectivity index (χ2v) is 12.0. The van der Waals surface area contributed by atoms with Crippen molar-refractivity contribution in [2.75, 3.05) is 0 Å². The third-order valence-electron chi connectivity index (χ3n) is 8.20. The number of rotatable bonds is 9. The number of imidazole rings is 1. The van der Waals surface area contributed by atoms with Crippen LogP contribution in [0, 0.1) is 24.2 Å². The topological polar surface area (TPSA) is 127 Å². The van der Waals surface area contributed by atoms with Crippen LogP contribution in [0.1, 0.15) is 98.3 Å². The zero-order valence-corrected chi connectivity index (χ0v) is 23.3. The average molecular weight is 598 g/mol. The van der Waals surface area contributed by atoms with Gasteiger partial charge in [-0.1, -0.05) is 19.0 Å². The molecule has 42 heavy (non-hydrogen) atoms. The Bertz CT molecular complexity index is 1450. The Morgan fingerprint density at radius 1 is 1.07 bits per heavy atom. The van der Waals surface area contributed by atoms with Crippen molar-refractivity contribution in [1.82, 2.24) is 35.5 Å². The molecule has 2 aliphatic carbocycles. The summed E-state index contributed by atoms with van der Waals surface area (Å²) in [5.41, 5.74) is -0.581. The minimum atomic E-state index is -4.53. The number of fused-ring (bicyclic) bond motifs is 1. The number of carbonyl (C=O) groups excluding carboxylic acids is 2. The standard InChI is InChI=1S/C27H32F5N7O3/c1-14-21(38-42-37-14)24(41)36-23(16-6-8-26(28,29)9-7-16)18-13-39-19(34-18)10-17(12-33-39)22(15-4-5-15)35-20(40)11-25(2,3)27(30,31)32/h10,12-13,15-16,22-23H,4-9,11H2,1-3H3,(H,35,40)(H,36,41)/t22?,23-/m0/s1. The Balaban J connectivity index is 1.40. The van der Waals surface area contributed by atoms with Crippen molar-refractivity contribution < 1.29 is 36.2 Å². The summed E-state index contributed by atoms with van der Waals surface area (Å²) in [5.74, 6) is -4.36. The van der Waals surface area contributed by atoms with E-state index >= 15 is 0 Å². The van der Waals surface area contributed by atoms with Crippen molar-refractivity contribution in [1.29, 1.82) is 0 Å². The van der Waals surface area contributed by atoms with E-state index in [1.54, 1.807) is 19.2 Å². The van der Waals surface area contributed by atoms with Crippen molar-refractivity contribution in [3.63, 3.8) is 0 Å². The quantitative estimate of drug-likeness (QED) is 0.322. The summed E-state index contributed by atoms with van der Waals surface area (Å²) in [4.78, 5) is 30.3. The van der Waals surface area contributed by atoms with Gasteiger partial charge in [0, 0.05) is 19.3 Å². The molecule has 5 rings (SSSR count). The van der Waals surface area contributed by atoms with Crippen LogP contribution in [0.25, 0.3) is 5.65 Å². The summed E-state index contributed by atoms with van der Waals surface area (Å²) in [6.45, 7) is 3.53. The summed E-state index contributed by atoms with van der Waals surface area (Å²) in [6.07, 6.45) is -0.853. The fourth-order valence-corrected chi connectivity index (χ4v) is 5.34. The van der Waals surface area contributed by atoms with E-state index in [1.165, 1.54) is 10.7 Å². The monoisotopic (exact) mass is 597 g/mol. The number of amides is 2. The third kappa shape index (κ3) is 6.38. The Hall–Kier alpha value is -3.65. The van der Waals surface area contributed by atoms with Crippen LogP contribution in [0.15, 0.2) is 23.1 Å². The minimum absolute atomic E-state index is 0.0259. The molecule has 10 nitrogen and oxygen atoms in total. The first-order valence-corrected chi connectivity index (χ1v) is 13.8. The second-order valence-electron chi connectivity index (χ2n) is 12.0. The number of nitrogens with one attached hydrogen (secondary N) is 2. The van der Waals surface area contributed by atoms with Crippen LogP contribution in [0.5, 0.6) is 0 Å². The molecule has 1 unspecified atom stereocenters. The van der Waals surface area contributed by atoms with Crippen molar-refractivity contribution in [3.8, 4) is 0 Å². The molecule has 3 heterocycles. The second kappa shape index (κ2) is 10.9. The molecule has 0 radical (unpaired) electrons. The molecule has 228 valence electrons. The molecule has 2 fully saturated rings. The Morgan fingerprint density at radius 3 is 2.33 bits per heavy atom. The molecule has 15 heteroatoms. The van der Waals surface area contributed by atoms with Gasteiger partial charge in [-0.2, -0.15) is 18.3 Å². The summed E-state index contributed by atoms with van der Waals surface area (Å²) in [7, 11) is 0. The number of alkyl halides is 5. The normalized spacial score (nSPS) is 19.4. The van der Waals surface area contributed by atoms with Gasteiger partial charge in [0.15, 0.2) is 11.3 Å². The first-order valence-electron chi connectivity index (χ1n) is 13.8. The van der Waals surface area contributed by atoms with Gasteiger partial charge in [-0.25, -0.2) is 22.9 Å². The predicted octanol–water partition coefficient (Wildman–Crippen LogP) is 5.26. The molecule has 2 aliphatic rings. The molecule has 0 bridgehead atoms. The van der Waals surface area contributed by atoms with E-state index in [-0.39, 0.29) is 48.9 Å². The predicted molar refractivity (Wildman–Crippen MR) is 137 cm³/mol. The molecular weight excluding hydrogens is 565 g/mol. The summed E-state index contributed by atoms with van der Waals surface area (Å²) in [5, 5.41) is 17.3. The van der Waals surface area contributed by atoms with Crippen LogP contribution in [0.4, 0.5) is 22.0 Å². The molecule has 0 aliphatic heterocycles. The van der Waals surface area contributed by atoms with Crippen molar-refractivity contribution in [3.05, 3.63) is 41.1 Å². The Morgan fingerprint density at radius 2 is 1.74 bits per heavy atom. The van der Waals surface area contributed by atoms with Gasteiger partial charge < -0.3 is 10.6 Å². The SMILES string of the molecule is Cc1nonc1C(=O)N[C@H](c1cn2ncc(C(NC(=O)CC(C)(C)C(F)(F)F)C3CC3)cc2n1)C1CCC(F)(F)CC1. The van der Waals surface area contributed by atoms with E-state index in [4.69, 9.17) is 0 Å². The lowest BCUT2D eigenvalue weighted by Crippen LogP contribution is -2.39. The molecule has 0 aromatic carbocycles. The molecule has 3 aromatic heterocycles. The molecule has 2 N–H and O–H groups in total. The van der Waals surface area contributed by atoms with Gasteiger partial charge in [-0.3, -0.25) is 9.59 Å². The fraction of sp³-hybridized carbons (Fsp3) is 0.630. The lowest BCUT2D eigenvalue weighted by atomic mass is 9.81. The van der Waals surface area contributed by atoms with Gasteiger partial charge in [0.2, 0.25) is 11.8 Å². The zero-order valence-electron chi connectivity index (χ0n) is 23.3. The maximum atomic E-state index is 13.9. The average Bonchev–Trinajstić information content (AvgIpc) is 3.50. The summed E-state index contributed by atoms with van der Waals surface area (Å²) < 4.78 is 74.0. The minimum Gasteiger partial charge on any atom is -0.349 e. The van der Waals surface area contributed by atoms with E-state index < -0.39 is 47.8 Å². The van der Waals surface area contributed by atoms with Crippen LogP contribution in [-0.2, 0) is 4.79 Å². The fourth-order valence-electron chi connectivity index (χ4n) is 5.34. The number of carbonyl (C=O) groups is 2. The van der Waals surface area contributed by atoms with Gasteiger partial charge in [0.1, 0.15) is 5.69 Å². The smallest absolute Gasteiger partial charge is 0.349 e. The zero-order chi connectivity index (χ0) is 30.4. The number of hydrogen-bond donors (Lipinski definition) is 2. The lowest BCUT2D eigenvalue weighted by molar-refractivity contribution is -0.213. The van der Waals surface area contributed by atoms with E-state index in [9.17, 15) is 31.5 Å². The first-order chi connectivity index (χ1) is 19.6. The third-order valence-corrected chi connectivity index (χ3v) is 8.20. The number of hydrogen-bond acceptors (Lipinski definition) is 7. The lowest BCUT2D eigenvalue weighted by Gasteiger charge is -2.33. The van der Waals surface area contributed by atoms with E-state index in [0.717, 1.165) is 26.7 Å². The van der Waals surface area contributed by atoms with Crippen LogP contribution in [0.3, 0.4) is 0 Å².